The summed E-state index contributed by atoms with van der Waals surface area (Å²) in [4.78, 5) is 23.6. The van der Waals surface area contributed by atoms with E-state index in [0.717, 1.165) is 0 Å². The molecule has 0 saturated heterocycles. The smallest absolute Gasteiger partial charge is 0.339 e. The molecule has 0 aliphatic rings. The number of carbonyl (C=O) groups is 2. The van der Waals surface area contributed by atoms with Gasteiger partial charge in [0.25, 0.3) is 0 Å². The van der Waals surface area contributed by atoms with Crippen LogP contribution in [0.3, 0.4) is 0 Å². The van der Waals surface area contributed by atoms with E-state index in [1.54, 1.807) is 37.3 Å². The Hall–Kier alpha value is -2.24. The van der Waals surface area contributed by atoms with Gasteiger partial charge in [-0.05, 0) is 43.3 Å². The molecule has 0 fully saturated rings. The maximum absolute atomic E-state index is 11.9. The summed E-state index contributed by atoms with van der Waals surface area (Å²) in [6, 6.07) is 10.9. The van der Waals surface area contributed by atoms with Gasteiger partial charge in [0.1, 0.15) is 0 Å². The summed E-state index contributed by atoms with van der Waals surface area (Å²) in [5.74, 6) is -0.507. The van der Waals surface area contributed by atoms with Gasteiger partial charge < -0.3 is 15.4 Å². The molecule has 0 unspecified atom stereocenters. The largest absolute Gasteiger partial charge is 0.462 e. The quantitative estimate of drug-likeness (QED) is 0.775. The molecule has 0 aliphatic carbocycles. The van der Waals surface area contributed by atoms with Crippen molar-refractivity contribution >= 4 is 46.6 Å². The van der Waals surface area contributed by atoms with Crippen molar-refractivity contribution in [2.45, 2.75) is 6.92 Å². The number of carbonyl (C=O) groups excluding carboxylic acids is 2. The second-order valence-electron chi connectivity index (χ2n) is 4.50. The van der Waals surface area contributed by atoms with Crippen molar-refractivity contribution in [3.63, 3.8) is 0 Å². The molecule has 7 heteroatoms. The summed E-state index contributed by atoms with van der Waals surface area (Å²) >= 11 is 11.9. The summed E-state index contributed by atoms with van der Waals surface area (Å²) in [5.41, 5.74) is 1.25. The molecule has 0 radical (unpaired) electrons. The Labute approximate surface area is 143 Å². The minimum absolute atomic E-state index is 0.198. The van der Waals surface area contributed by atoms with Crippen LogP contribution in [0.25, 0.3) is 0 Å². The molecule has 23 heavy (non-hydrogen) atoms. The van der Waals surface area contributed by atoms with E-state index in [1.807, 2.05) is 0 Å². The highest BCUT2D eigenvalue weighted by Crippen LogP contribution is 2.22. The molecule has 5 nitrogen and oxygen atoms in total. The van der Waals surface area contributed by atoms with Crippen LogP contribution >= 0.6 is 23.2 Å². The number of hydrogen-bond acceptors (Lipinski definition) is 3. The topological polar surface area (TPSA) is 67.4 Å². The number of rotatable bonds is 4. The van der Waals surface area contributed by atoms with Crippen molar-refractivity contribution in [3.05, 3.63) is 58.1 Å². The molecular formula is C16H14Cl2N2O3. The first kappa shape index (κ1) is 17.1. The molecule has 2 amide bonds. The number of anilines is 2. The summed E-state index contributed by atoms with van der Waals surface area (Å²) < 4.78 is 4.88. The number of urea groups is 1. The van der Waals surface area contributed by atoms with Gasteiger partial charge in [0.2, 0.25) is 0 Å². The molecule has 0 aliphatic heterocycles. The van der Waals surface area contributed by atoms with Crippen LogP contribution in [0.5, 0.6) is 0 Å². The number of halogens is 2. The molecule has 0 saturated carbocycles. The summed E-state index contributed by atoms with van der Waals surface area (Å²) in [6.45, 7) is 1.97. The van der Waals surface area contributed by atoms with Crippen LogP contribution in [0, 0.1) is 0 Å². The van der Waals surface area contributed by atoms with Gasteiger partial charge in [-0.3, -0.25) is 0 Å². The van der Waals surface area contributed by atoms with Gasteiger partial charge in [-0.1, -0.05) is 29.3 Å². The third kappa shape index (κ3) is 4.87. The fourth-order valence-corrected chi connectivity index (χ4v) is 2.27. The normalized spacial score (nSPS) is 10.0. The highest BCUT2D eigenvalue weighted by molar-refractivity contribution is 6.34. The van der Waals surface area contributed by atoms with Crippen molar-refractivity contribution in [2.75, 3.05) is 17.2 Å². The Kier molecular flexibility index (Phi) is 5.84. The van der Waals surface area contributed by atoms with Crippen molar-refractivity contribution in [1.82, 2.24) is 0 Å². The van der Waals surface area contributed by atoms with Crippen molar-refractivity contribution < 1.29 is 14.3 Å². The van der Waals surface area contributed by atoms with Crippen LogP contribution in [0.2, 0.25) is 10.0 Å². The second kappa shape index (κ2) is 7.85. The number of esters is 1. The van der Waals surface area contributed by atoms with Crippen molar-refractivity contribution in [1.29, 1.82) is 0 Å². The average Bonchev–Trinajstić information content (AvgIpc) is 2.47. The summed E-state index contributed by atoms with van der Waals surface area (Å²) in [6.07, 6.45) is 0. The Balaban J connectivity index is 2.04. The van der Waals surface area contributed by atoms with Gasteiger partial charge in [0.05, 0.1) is 17.2 Å². The monoisotopic (exact) mass is 352 g/mol. The van der Waals surface area contributed by atoms with E-state index in [2.05, 4.69) is 10.6 Å². The molecule has 0 bridgehead atoms. The van der Waals surface area contributed by atoms with Gasteiger partial charge in [-0.15, -0.1) is 0 Å². The van der Waals surface area contributed by atoms with Gasteiger partial charge in [0.15, 0.2) is 0 Å². The number of amides is 2. The summed E-state index contributed by atoms with van der Waals surface area (Å²) in [5, 5.41) is 5.97. The van der Waals surface area contributed by atoms with Crippen LogP contribution in [-0.4, -0.2) is 18.6 Å². The molecule has 0 aromatic heterocycles. The Bertz CT molecular complexity index is 735. The van der Waals surface area contributed by atoms with Crippen LogP contribution in [0.4, 0.5) is 16.2 Å². The highest BCUT2D eigenvalue weighted by Gasteiger charge is 2.12. The zero-order valence-electron chi connectivity index (χ0n) is 12.2. The first-order valence-electron chi connectivity index (χ1n) is 6.80. The minimum atomic E-state index is -0.507. The van der Waals surface area contributed by atoms with Gasteiger partial charge >= 0.3 is 12.0 Å². The third-order valence-electron chi connectivity index (χ3n) is 2.80. The maximum Gasteiger partial charge on any atom is 0.339 e. The Morgan fingerprint density at radius 3 is 2.35 bits per heavy atom. The van der Waals surface area contributed by atoms with Crippen molar-refractivity contribution in [2.24, 2.45) is 0 Å². The van der Waals surface area contributed by atoms with Gasteiger partial charge in [-0.25, -0.2) is 9.59 Å². The fraction of sp³-hybridized carbons (Fsp3) is 0.125. The average molecular weight is 353 g/mol. The Morgan fingerprint density at radius 2 is 1.74 bits per heavy atom. The number of nitrogens with one attached hydrogen (secondary N) is 2. The molecule has 0 heterocycles. The molecule has 2 aromatic carbocycles. The van der Waals surface area contributed by atoms with E-state index in [9.17, 15) is 9.59 Å². The number of benzene rings is 2. The SMILES string of the molecule is CCOC(=O)c1ccc(NC(=O)Nc2cccc(Cl)c2)cc1Cl. The zero-order valence-corrected chi connectivity index (χ0v) is 13.7. The van der Waals surface area contributed by atoms with E-state index in [0.29, 0.717) is 16.4 Å². The maximum atomic E-state index is 11.9. The summed E-state index contributed by atoms with van der Waals surface area (Å²) in [7, 11) is 0. The molecule has 120 valence electrons. The van der Waals surface area contributed by atoms with E-state index in [-0.39, 0.29) is 17.2 Å². The first-order chi connectivity index (χ1) is 11.0. The molecule has 2 N–H and O–H groups in total. The lowest BCUT2D eigenvalue weighted by atomic mass is 10.2. The lowest BCUT2D eigenvalue weighted by molar-refractivity contribution is 0.0526. The van der Waals surface area contributed by atoms with E-state index in [4.69, 9.17) is 27.9 Å². The molecule has 2 aromatic rings. The minimum Gasteiger partial charge on any atom is -0.462 e. The molecule has 0 atom stereocenters. The van der Waals surface area contributed by atoms with Crippen molar-refractivity contribution in [3.8, 4) is 0 Å². The van der Waals surface area contributed by atoms with Crippen LogP contribution in [0.1, 0.15) is 17.3 Å². The lowest BCUT2D eigenvalue weighted by Crippen LogP contribution is -2.19. The van der Waals surface area contributed by atoms with Crippen LogP contribution < -0.4 is 10.6 Å². The zero-order chi connectivity index (χ0) is 16.8. The fourth-order valence-electron chi connectivity index (χ4n) is 1.83. The van der Waals surface area contributed by atoms with Crippen LogP contribution in [-0.2, 0) is 4.74 Å². The number of hydrogen-bond donors (Lipinski definition) is 2. The standard InChI is InChI=1S/C16H14Cl2N2O3/c1-2-23-15(21)13-7-6-12(9-14(13)18)20-16(22)19-11-5-3-4-10(17)8-11/h3-9H,2H2,1H3,(H2,19,20,22). The highest BCUT2D eigenvalue weighted by atomic mass is 35.5. The predicted molar refractivity (Wildman–Crippen MR) is 91.5 cm³/mol. The van der Waals surface area contributed by atoms with E-state index in [1.165, 1.54) is 12.1 Å². The van der Waals surface area contributed by atoms with E-state index >= 15 is 0 Å². The third-order valence-corrected chi connectivity index (χ3v) is 3.35. The molecular weight excluding hydrogens is 339 g/mol. The lowest BCUT2D eigenvalue weighted by Gasteiger charge is -2.10. The van der Waals surface area contributed by atoms with E-state index < -0.39 is 12.0 Å². The van der Waals surface area contributed by atoms with Gasteiger partial charge in [-0.2, -0.15) is 0 Å². The predicted octanol–water partition coefficient (Wildman–Crippen LogP) is 4.81. The first-order valence-corrected chi connectivity index (χ1v) is 7.55. The second-order valence-corrected chi connectivity index (χ2v) is 5.35. The Morgan fingerprint density at radius 1 is 1.04 bits per heavy atom. The molecule has 0 spiro atoms. The van der Waals surface area contributed by atoms with Gasteiger partial charge in [0, 0.05) is 16.4 Å². The molecule has 2 rings (SSSR count). The number of ether oxygens (including phenoxy) is 1. The van der Waals surface area contributed by atoms with Crippen LogP contribution in [0.15, 0.2) is 42.5 Å².